The summed E-state index contributed by atoms with van der Waals surface area (Å²) in [5.41, 5.74) is 16.6. The van der Waals surface area contributed by atoms with Crippen LogP contribution in [-0.2, 0) is 26.4 Å². The van der Waals surface area contributed by atoms with E-state index in [0.29, 0.717) is 0 Å². The molecule has 4 heteroatoms. The predicted octanol–water partition coefficient (Wildman–Crippen LogP) is 15.6. The molecule has 0 amide bonds. The van der Waals surface area contributed by atoms with Gasteiger partial charge in [-0.25, -0.2) is 0 Å². The maximum absolute atomic E-state index is 8.84. The van der Waals surface area contributed by atoms with Crippen LogP contribution in [0.1, 0.15) is 135 Å². The van der Waals surface area contributed by atoms with Gasteiger partial charge in [-0.2, -0.15) is 0 Å². The van der Waals surface area contributed by atoms with E-state index >= 15 is 0 Å². The van der Waals surface area contributed by atoms with Crippen LogP contribution in [-0.4, -0.2) is 5.92 Å². The van der Waals surface area contributed by atoms with Crippen LogP contribution in [0, 0.1) is 0 Å². The summed E-state index contributed by atoms with van der Waals surface area (Å²) in [5.74, 6) is -1.66. The van der Waals surface area contributed by atoms with Gasteiger partial charge in [-0.3, -0.25) is 0 Å². The Bertz CT molecular complexity index is 1850. The first kappa shape index (κ1) is 39.7. The zero-order chi connectivity index (χ0) is 37.7. The number of rotatable bonds is 11. The monoisotopic (exact) mass is 825 g/mol. The fourth-order valence-electron chi connectivity index (χ4n) is 9.06. The third-order valence-electron chi connectivity index (χ3n) is 12.3. The van der Waals surface area contributed by atoms with Crippen LogP contribution >= 0.6 is 17.0 Å². The van der Waals surface area contributed by atoms with E-state index in [0.717, 1.165) is 38.5 Å². The van der Waals surface area contributed by atoms with Gasteiger partial charge in [0.05, 0.1) is 0 Å². The zero-order valence-electron chi connectivity index (χ0n) is 33.5. The third-order valence-corrected chi connectivity index (χ3v) is 64.1. The first-order chi connectivity index (χ1) is 24.5. The molecule has 0 aliphatic heterocycles. The number of hydrogen-bond acceptors (Lipinski definition) is 0. The molecule has 0 N–H and O–H groups in total. The SMILES string of the molecule is CCCCC1=Cc2c(-c3ccc(C(C)(C)C)cc3)cccc2[CH]1[Zr]([Cl])([Cl])([CH]1C(CCCC)=Cc2c(-c3ccc(C(C)(C)C)cc3)cccc21)[SiH](C)C. The second-order valence-electron chi connectivity index (χ2n) is 18.2. The average molecular weight is 828 g/mol. The topological polar surface area (TPSA) is 0 Å². The minimum atomic E-state index is -4.89. The van der Waals surface area contributed by atoms with E-state index in [1.54, 1.807) is 0 Å². The average Bonchev–Trinajstić information content (AvgIpc) is 3.69. The van der Waals surface area contributed by atoms with Gasteiger partial charge < -0.3 is 0 Å². The van der Waals surface area contributed by atoms with Gasteiger partial charge in [-0.1, -0.05) is 0 Å². The van der Waals surface area contributed by atoms with Gasteiger partial charge in [0.2, 0.25) is 0 Å². The van der Waals surface area contributed by atoms with Gasteiger partial charge in [0.1, 0.15) is 0 Å². The second-order valence-corrected chi connectivity index (χ2v) is 60.7. The summed E-state index contributed by atoms with van der Waals surface area (Å²) in [7, 11) is 17.7. The van der Waals surface area contributed by atoms with Crippen molar-refractivity contribution in [3.8, 4) is 22.3 Å². The molecular weight excluding hydrogens is 767 g/mol. The van der Waals surface area contributed by atoms with E-state index in [1.807, 2.05) is 0 Å². The zero-order valence-corrected chi connectivity index (χ0v) is 38.6. The molecule has 0 heterocycles. The number of allylic oxidation sites excluding steroid dienone is 2. The van der Waals surface area contributed by atoms with Crippen molar-refractivity contribution >= 4 is 35.1 Å². The Hall–Kier alpha value is -1.96. The van der Waals surface area contributed by atoms with Crippen molar-refractivity contribution in [3.05, 3.63) is 129 Å². The summed E-state index contributed by atoms with van der Waals surface area (Å²) in [5, 5.41) is 0. The molecular formula is C48H61Cl2SiZr. The van der Waals surface area contributed by atoms with Crippen molar-refractivity contribution in [2.24, 2.45) is 0 Å². The summed E-state index contributed by atoms with van der Waals surface area (Å²) >= 11 is -4.89. The third kappa shape index (κ3) is 7.14. The fourth-order valence-corrected chi connectivity index (χ4v) is 40.6. The molecule has 0 radical (unpaired) electrons. The molecule has 0 bridgehead atoms. The van der Waals surface area contributed by atoms with Gasteiger partial charge in [0.15, 0.2) is 0 Å². The molecule has 4 aromatic carbocycles. The van der Waals surface area contributed by atoms with E-state index in [-0.39, 0.29) is 18.1 Å². The van der Waals surface area contributed by atoms with Crippen LogP contribution in [0.15, 0.2) is 96.1 Å². The Balaban J connectivity index is 1.55. The fraction of sp³-hybridized carbons (Fsp3) is 0.417. The van der Waals surface area contributed by atoms with Crippen LogP contribution < -0.4 is 0 Å². The maximum atomic E-state index is 8.84. The van der Waals surface area contributed by atoms with Crippen molar-refractivity contribution in [1.82, 2.24) is 0 Å². The molecule has 2 atom stereocenters. The van der Waals surface area contributed by atoms with Gasteiger partial charge >= 0.3 is 327 Å². The van der Waals surface area contributed by atoms with Crippen molar-refractivity contribution in [1.29, 1.82) is 0 Å². The Morgan fingerprint density at radius 3 is 1.23 bits per heavy atom. The van der Waals surface area contributed by atoms with E-state index in [9.17, 15) is 0 Å². The van der Waals surface area contributed by atoms with Crippen molar-refractivity contribution in [3.63, 3.8) is 0 Å². The summed E-state index contributed by atoms with van der Waals surface area (Å²) in [4.78, 5) is 0. The molecule has 0 spiro atoms. The predicted molar refractivity (Wildman–Crippen MR) is 232 cm³/mol. The summed E-state index contributed by atoms with van der Waals surface area (Å²) < 4.78 is 0.227. The number of hydrogen-bond donors (Lipinski definition) is 0. The summed E-state index contributed by atoms with van der Waals surface area (Å²) in [6, 6.07) is 32.5. The molecule has 0 aromatic heterocycles. The molecule has 2 aliphatic carbocycles. The molecule has 4 aromatic rings. The summed E-state index contributed by atoms with van der Waals surface area (Å²) in [6.45, 7) is 23.3. The number of benzene rings is 4. The van der Waals surface area contributed by atoms with E-state index in [2.05, 4.69) is 166 Å². The van der Waals surface area contributed by atoms with Crippen LogP contribution in [0.2, 0.25) is 13.1 Å². The molecule has 275 valence electrons. The number of halogens is 2. The van der Waals surface area contributed by atoms with E-state index < -0.39 is 21.5 Å². The Morgan fingerprint density at radius 1 is 0.558 bits per heavy atom. The minimum absolute atomic E-state index is 0.113. The molecule has 6 rings (SSSR count). The van der Waals surface area contributed by atoms with Crippen molar-refractivity contribution < 1.29 is 15.6 Å². The molecule has 0 saturated heterocycles. The quantitative estimate of drug-likeness (QED) is 0.132. The van der Waals surface area contributed by atoms with Crippen LogP contribution in [0.5, 0.6) is 0 Å². The Kier molecular flexibility index (Phi) is 11.4. The van der Waals surface area contributed by atoms with E-state index in [4.69, 9.17) is 17.0 Å². The van der Waals surface area contributed by atoms with Gasteiger partial charge in [-0.05, 0) is 0 Å². The number of unbranched alkanes of at least 4 members (excludes halogenated alkanes) is 2. The number of fused-ring (bicyclic) bond motifs is 2. The van der Waals surface area contributed by atoms with Gasteiger partial charge in [0, 0.05) is 0 Å². The first-order valence-electron chi connectivity index (χ1n) is 20.0. The molecule has 2 aliphatic rings. The summed E-state index contributed by atoms with van der Waals surface area (Å²) in [6.07, 6.45) is 11.8. The standard InChI is InChI=1S/2C23H27.C2H7Si.2ClH.Zr/c2*1-5-6-8-17-15-19-9-7-10-21(22(19)16-17)18-11-13-20(14-12-18)23(2,3)4;1-3-2;;;/h2*7,9-16H,5-6,8H2,1-4H3;3H,1-2H3;2*1H;/q;;;;;+2/p-2. The Morgan fingerprint density at radius 2 is 0.923 bits per heavy atom. The molecule has 0 nitrogen and oxygen atoms in total. The molecule has 0 fully saturated rings. The van der Waals surface area contributed by atoms with Crippen molar-refractivity contribution in [2.75, 3.05) is 0 Å². The van der Waals surface area contributed by atoms with Crippen LogP contribution in [0.4, 0.5) is 0 Å². The second kappa shape index (κ2) is 14.9. The van der Waals surface area contributed by atoms with E-state index in [1.165, 1.54) is 66.8 Å². The van der Waals surface area contributed by atoms with Crippen LogP contribution in [0.3, 0.4) is 0 Å². The van der Waals surface area contributed by atoms with Crippen LogP contribution in [0.25, 0.3) is 34.4 Å². The normalized spacial score (nSPS) is 18.1. The molecule has 2 unspecified atom stereocenters. The molecule has 0 saturated carbocycles. The first-order valence-corrected chi connectivity index (χ1v) is 36.3. The molecule has 52 heavy (non-hydrogen) atoms. The Labute approximate surface area is 324 Å². The van der Waals surface area contributed by atoms with Gasteiger partial charge in [-0.15, -0.1) is 0 Å². The van der Waals surface area contributed by atoms with Crippen molar-refractivity contribution in [2.45, 2.75) is 125 Å². The van der Waals surface area contributed by atoms with Gasteiger partial charge in [0.25, 0.3) is 0 Å².